The molecule has 7 heteroatoms. The lowest BCUT2D eigenvalue weighted by Crippen LogP contribution is -2.37. The molecule has 0 aliphatic carbocycles. The molecule has 0 unspecified atom stereocenters. The Kier molecular flexibility index (Phi) is 11.4. The number of nitrogens with one attached hydrogen (secondary N) is 2. The molecule has 2 N–H and O–H groups in total. The maximum absolute atomic E-state index is 5.68. The average Bonchev–Trinajstić information content (AvgIpc) is 3.03. The number of unbranched alkanes of at least 4 members (excludes halogenated alkanes) is 1. The van der Waals surface area contributed by atoms with Crippen molar-refractivity contribution in [2.24, 2.45) is 4.99 Å². The van der Waals surface area contributed by atoms with Crippen molar-refractivity contribution >= 4 is 41.3 Å². The van der Waals surface area contributed by atoms with Crippen molar-refractivity contribution in [1.29, 1.82) is 0 Å². The molecule has 1 aromatic carbocycles. The molecule has 2 aromatic rings. The minimum Gasteiger partial charge on any atom is -0.377 e. The number of guanidine groups is 1. The predicted octanol–water partition coefficient (Wildman–Crippen LogP) is 3.73. The van der Waals surface area contributed by atoms with Crippen LogP contribution in [0.3, 0.4) is 0 Å². The van der Waals surface area contributed by atoms with Crippen LogP contribution in [0.1, 0.15) is 28.3 Å². The lowest BCUT2D eigenvalue weighted by atomic mass is 10.2. The monoisotopic (exact) mass is 474 g/mol. The summed E-state index contributed by atoms with van der Waals surface area (Å²) >= 11 is 1.70. The van der Waals surface area contributed by atoms with Gasteiger partial charge in [0.15, 0.2) is 5.96 Å². The van der Waals surface area contributed by atoms with E-state index in [1.165, 1.54) is 10.4 Å². The minimum atomic E-state index is 0. The fourth-order valence-corrected chi connectivity index (χ4v) is 2.89. The molecule has 0 bridgehead atoms. The molecular weight excluding hydrogens is 447 g/mol. The number of hydrogen-bond acceptors (Lipinski definition) is 4. The summed E-state index contributed by atoms with van der Waals surface area (Å²) in [5, 5.41) is 7.67. The Morgan fingerprint density at radius 3 is 2.68 bits per heavy atom. The van der Waals surface area contributed by atoms with E-state index < -0.39 is 0 Å². The number of hydrogen-bond donors (Lipinski definition) is 2. The second-order valence-electron chi connectivity index (χ2n) is 5.46. The molecule has 0 saturated carbocycles. The molecule has 0 atom stereocenters. The zero-order chi connectivity index (χ0) is 17.0. The lowest BCUT2D eigenvalue weighted by Gasteiger charge is -2.11. The predicted molar refractivity (Wildman–Crippen MR) is 116 cm³/mol. The topological polar surface area (TPSA) is 58.5 Å². The van der Waals surface area contributed by atoms with E-state index in [0.29, 0.717) is 13.2 Å². The highest BCUT2D eigenvalue weighted by atomic mass is 127. The first-order valence-electron chi connectivity index (χ1n) is 8.25. The highest BCUT2D eigenvalue weighted by Crippen LogP contribution is 2.10. The SMILES string of the molecule is CN=C(NCCCCOCc1ccccc1)NCc1ncc(C)s1.I. The van der Waals surface area contributed by atoms with E-state index in [9.17, 15) is 0 Å². The van der Waals surface area contributed by atoms with Crippen LogP contribution in [0, 0.1) is 6.92 Å². The van der Waals surface area contributed by atoms with Gasteiger partial charge in [0, 0.05) is 31.3 Å². The maximum Gasteiger partial charge on any atom is 0.191 e. The normalized spacial score (nSPS) is 11.0. The largest absolute Gasteiger partial charge is 0.377 e. The smallest absolute Gasteiger partial charge is 0.191 e. The maximum atomic E-state index is 5.68. The molecular formula is C18H27IN4OS. The number of ether oxygens (including phenoxy) is 1. The fourth-order valence-electron chi connectivity index (χ4n) is 2.16. The van der Waals surface area contributed by atoms with Gasteiger partial charge in [0.1, 0.15) is 5.01 Å². The first-order valence-corrected chi connectivity index (χ1v) is 9.07. The Bertz CT molecular complexity index is 619. The summed E-state index contributed by atoms with van der Waals surface area (Å²) in [4.78, 5) is 9.78. The number of nitrogens with zero attached hydrogens (tertiary/aromatic N) is 2. The summed E-state index contributed by atoms with van der Waals surface area (Å²) in [5.41, 5.74) is 1.22. The van der Waals surface area contributed by atoms with Crippen molar-refractivity contribution < 1.29 is 4.74 Å². The van der Waals surface area contributed by atoms with Crippen LogP contribution in [0.15, 0.2) is 41.5 Å². The second-order valence-corrected chi connectivity index (χ2v) is 6.78. The third kappa shape index (κ3) is 9.18. The molecule has 0 fully saturated rings. The molecule has 0 amide bonds. The summed E-state index contributed by atoms with van der Waals surface area (Å²) in [6.45, 7) is 5.11. The number of benzene rings is 1. The number of rotatable bonds is 9. The van der Waals surface area contributed by atoms with Gasteiger partial charge in [-0.15, -0.1) is 35.3 Å². The van der Waals surface area contributed by atoms with E-state index in [4.69, 9.17) is 4.74 Å². The summed E-state index contributed by atoms with van der Waals surface area (Å²) in [6, 6.07) is 10.3. The van der Waals surface area contributed by atoms with Crippen molar-refractivity contribution in [2.45, 2.75) is 32.9 Å². The molecule has 0 aliphatic rings. The van der Waals surface area contributed by atoms with Crippen LogP contribution in [0.2, 0.25) is 0 Å². The van der Waals surface area contributed by atoms with Crippen molar-refractivity contribution in [2.75, 3.05) is 20.2 Å². The average molecular weight is 474 g/mol. The van der Waals surface area contributed by atoms with E-state index >= 15 is 0 Å². The summed E-state index contributed by atoms with van der Waals surface area (Å²) in [5.74, 6) is 0.813. The quantitative estimate of drug-likeness (QED) is 0.252. The lowest BCUT2D eigenvalue weighted by molar-refractivity contribution is 0.117. The molecule has 1 aromatic heterocycles. The van der Waals surface area contributed by atoms with Crippen molar-refractivity contribution in [3.8, 4) is 0 Å². The van der Waals surface area contributed by atoms with Gasteiger partial charge in [0.2, 0.25) is 0 Å². The van der Waals surface area contributed by atoms with Crippen molar-refractivity contribution in [1.82, 2.24) is 15.6 Å². The first kappa shape index (κ1) is 21.9. The van der Waals surface area contributed by atoms with E-state index in [1.54, 1.807) is 18.4 Å². The Labute approximate surface area is 171 Å². The van der Waals surface area contributed by atoms with Crippen LogP contribution in [0.4, 0.5) is 0 Å². The van der Waals surface area contributed by atoms with Crippen LogP contribution in [-0.2, 0) is 17.9 Å². The van der Waals surface area contributed by atoms with Crippen LogP contribution in [0.5, 0.6) is 0 Å². The van der Waals surface area contributed by atoms with Gasteiger partial charge in [0.05, 0.1) is 13.2 Å². The van der Waals surface area contributed by atoms with Gasteiger partial charge in [-0.25, -0.2) is 4.98 Å². The Morgan fingerprint density at radius 2 is 2.00 bits per heavy atom. The van der Waals surface area contributed by atoms with E-state index in [0.717, 1.165) is 37.0 Å². The van der Waals surface area contributed by atoms with E-state index in [1.807, 2.05) is 24.4 Å². The molecule has 25 heavy (non-hydrogen) atoms. The zero-order valence-electron chi connectivity index (χ0n) is 14.8. The van der Waals surface area contributed by atoms with Gasteiger partial charge in [-0.2, -0.15) is 0 Å². The molecule has 2 rings (SSSR count). The molecule has 5 nitrogen and oxygen atoms in total. The number of aliphatic imine (C=N–C) groups is 1. The van der Waals surface area contributed by atoms with Crippen molar-refractivity contribution in [3.05, 3.63) is 52.0 Å². The van der Waals surface area contributed by atoms with E-state index in [2.05, 4.69) is 39.7 Å². The number of aryl methyl sites for hydroxylation is 1. The highest BCUT2D eigenvalue weighted by Gasteiger charge is 2.01. The van der Waals surface area contributed by atoms with Crippen LogP contribution in [-0.4, -0.2) is 31.1 Å². The summed E-state index contributed by atoms with van der Waals surface area (Å²) in [7, 11) is 1.78. The van der Waals surface area contributed by atoms with E-state index in [-0.39, 0.29) is 24.0 Å². The first-order chi connectivity index (χ1) is 11.8. The van der Waals surface area contributed by atoms with Gasteiger partial charge in [0.25, 0.3) is 0 Å². The minimum absolute atomic E-state index is 0. The molecule has 0 spiro atoms. The fraction of sp³-hybridized carbons (Fsp3) is 0.444. The summed E-state index contributed by atoms with van der Waals surface area (Å²) < 4.78 is 5.68. The van der Waals surface area contributed by atoms with Crippen LogP contribution >= 0.6 is 35.3 Å². The Morgan fingerprint density at radius 1 is 1.20 bits per heavy atom. The number of thiazole rings is 1. The third-order valence-electron chi connectivity index (χ3n) is 3.42. The van der Waals surface area contributed by atoms with Gasteiger partial charge in [-0.1, -0.05) is 30.3 Å². The van der Waals surface area contributed by atoms with Crippen LogP contribution in [0.25, 0.3) is 0 Å². The van der Waals surface area contributed by atoms with Gasteiger partial charge < -0.3 is 15.4 Å². The molecule has 0 aliphatic heterocycles. The van der Waals surface area contributed by atoms with Crippen LogP contribution < -0.4 is 10.6 Å². The Balaban J connectivity index is 0.00000312. The molecule has 0 saturated heterocycles. The summed E-state index contributed by atoms with van der Waals surface area (Å²) in [6.07, 6.45) is 3.97. The Hall–Kier alpha value is -1.19. The van der Waals surface area contributed by atoms with Gasteiger partial charge >= 0.3 is 0 Å². The van der Waals surface area contributed by atoms with Gasteiger partial charge in [-0.05, 0) is 25.3 Å². The second kappa shape index (κ2) is 13.1. The number of halogens is 1. The molecule has 1 heterocycles. The molecule has 138 valence electrons. The number of aromatic nitrogens is 1. The van der Waals surface area contributed by atoms with Crippen molar-refractivity contribution in [3.63, 3.8) is 0 Å². The molecule has 0 radical (unpaired) electrons. The zero-order valence-corrected chi connectivity index (χ0v) is 18.0. The van der Waals surface area contributed by atoms with Gasteiger partial charge in [-0.3, -0.25) is 4.99 Å². The third-order valence-corrected chi connectivity index (χ3v) is 4.33. The highest BCUT2D eigenvalue weighted by molar-refractivity contribution is 14.0. The standard InChI is InChI=1S/C18H26N4OS.HI/c1-15-12-21-17(24-15)13-22-18(19-2)20-10-6-7-11-23-14-16-8-4-3-5-9-16;/h3-5,8-9,12H,6-7,10-11,13-14H2,1-2H3,(H2,19,20,22);1H.